The van der Waals surface area contributed by atoms with E-state index < -0.39 is 5.97 Å². The number of carbonyl (C=O) groups is 2. The van der Waals surface area contributed by atoms with Crippen molar-refractivity contribution in [2.75, 3.05) is 19.6 Å². The van der Waals surface area contributed by atoms with Crippen LogP contribution in [0.2, 0.25) is 0 Å². The molecule has 26 heavy (non-hydrogen) atoms. The third-order valence-corrected chi connectivity index (χ3v) is 4.87. The summed E-state index contributed by atoms with van der Waals surface area (Å²) in [7, 11) is 0. The number of amides is 1. The monoisotopic (exact) mass is 362 g/mol. The van der Waals surface area contributed by atoms with Crippen molar-refractivity contribution in [3.8, 4) is 0 Å². The summed E-state index contributed by atoms with van der Waals surface area (Å²) >= 11 is 0. The summed E-state index contributed by atoms with van der Waals surface area (Å²) < 4.78 is 0. The van der Waals surface area contributed by atoms with Gasteiger partial charge in [0.05, 0.1) is 11.7 Å². The Bertz CT molecular complexity index is 588. The molecule has 0 bridgehead atoms. The van der Waals surface area contributed by atoms with E-state index in [2.05, 4.69) is 11.9 Å². The number of carboxylic acids is 1. The number of hydrogen-bond donors (Lipinski definition) is 2. The molecule has 144 valence electrons. The van der Waals surface area contributed by atoms with Gasteiger partial charge in [-0.15, -0.1) is 0 Å². The van der Waals surface area contributed by atoms with Gasteiger partial charge in [-0.05, 0) is 43.4 Å². The molecule has 6 nitrogen and oxygen atoms in total. The fraction of sp³-hybridized carbons (Fsp3) is 0.600. The number of aromatic carboxylic acids is 1. The molecule has 1 heterocycles. The quantitative estimate of drug-likeness (QED) is 0.633. The van der Waals surface area contributed by atoms with Crippen LogP contribution in [-0.2, 0) is 11.2 Å². The third kappa shape index (κ3) is 6.11. The molecule has 1 atom stereocenters. The number of carboxylic acid groups (broad SMARTS) is 1. The Morgan fingerprint density at radius 2 is 1.85 bits per heavy atom. The van der Waals surface area contributed by atoms with E-state index >= 15 is 0 Å². The van der Waals surface area contributed by atoms with Crippen molar-refractivity contribution in [1.82, 2.24) is 10.0 Å². The first-order valence-corrected chi connectivity index (χ1v) is 9.56. The number of hydrazine groups is 1. The van der Waals surface area contributed by atoms with E-state index in [1.165, 1.54) is 0 Å². The lowest BCUT2D eigenvalue weighted by atomic mass is 10.1. The maximum Gasteiger partial charge on any atom is 0.335 e. The van der Waals surface area contributed by atoms with Crippen LogP contribution in [0.5, 0.6) is 0 Å². The van der Waals surface area contributed by atoms with Gasteiger partial charge in [0.15, 0.2) is 0 Å². The first-order chi connectivity index (χ1) is 12.5. The Labute approximate surface area is 155 Å². The van der Waals surface area contributed by atoms with E-state index in [9.17, 15) is 14.7 Å². The minimum atomic E-state index is -0.932. The minimum absolute atomic E-state index is 0.138. The highest BCUT2D eigenvalue weighted by molar-refractivity contribution is 5.87. The third-order valence-electron chi connectivity index (χ3n) is 4.87. The Balaban J connectivity index is 1.78. The van der Waals surface area contributed by atoms with Crippen LogP contribution in [0.4, 0.5) is 0 Å². The van der Waals surface area contributed by atoms with Crippen molar-refractivity contribution in [2.24, 2.45) is 0 Å². The van der Waals surface area contributed by atoms with E-state index in [0.717, 1.165) is 50.8 Å². The average molecular weight is 362 g/mol. The van der Waals surface area contributed by atoms with E-state index in [-0.39, 0.29) is 17.6 Å². The molecule has 1 aliphatic heterocycles. The van der Waals surface area contributed by atoms with Gasteiger partial charge in [0.1, 0.15) is 0 Å². The summed E-state index contributed by atoms with van der Waals surface area (Å²) in [5, 5.41) is 22.8. The van der Waals surface area contributed by atoms with Crippen molar-refractivity contribution in [1.29, 1.82) is 0 Å². The predicted octanol–water partition coefficient (Wildman–Crippen LogP) is 2.71. The van der Waals surface area contributed by atoms with Gasteiger partial charge in [-0.1, -0.05) is 31.9 Å². The molecule has 2 rings (SSSR count). The molecule has 1 amide bonds. The maximum atomic E-state index is 12.1. The summed E-state index contributed by atoms with van der Waals surface area (Å²) in [5.41, 5.74) is 1.29. The molecule has 6 heteroatoms. The normalized spacial score (nSPS) is 16.2. The summed E-state index contributed by atoms with van der Waals surface area (Å²) in [5.74, 6) is -0.794. The van der Waals surface area contributed by atoms with Crippen LogP contribution in [0.15, 0.2) is 24.3 Å². The fourth-order valence-electron chi connectivity index (χ4n) is 3.27. The molecule has 1 aliphatic rings. The molecule has 0 aliphatic carbocycles. The average Bonchev–Trinajstić information content (AvgIpc) is 2.98. The molecule has 0 aromatic heterocycles. The topological polar surface area (TPSA) is 81.1 Å². The summed E-state index contributed by atoms with van der Waals surface area (Å²) in [6.07, 6.45) is 5.64. The van der Waals surface area contributed by atoms with Gasteiger partial charge in [0.2, 0.25) is 5.91 Å². The van der Waals surface area contributed by atoms with Gasteiger partial charge in [0, 0.05) is 26.1 Å². The molecule has 1 unspecified atom stereocenters. The zero-order chi connectivity index (χ0) is 18.9. The van der Waals surface area contributed by atoms with E-state index in [1.807, 2.05) is 5.01 Å². The van der Waals surface area contributed by atoms with Crippen LogP contribution in [0.25, 0.3) is 0 Å². The van der Waals surface area contributed by atoms with Crippen molar-refractivity contribution >= 4 is 11.9 Å². The van der Waals surface area contributed by atoms with Gasteiger partial charge in [-0.3, -0.25) is 9.80 Å². The van der Waals surface area contributed by atoms with Crippen molar-refractivity contribution in [3.63, 3.8) is 0 Å². The van der Waals surface area contributed by atoms with E-state index in [0.29, 0.717) is 19.4 Å². The number of carbonyl (C=O) groups excluding carboxylic acids is 1. The number of unbranched alkanes of at least 4 members (excludes halogenated alkanes) is 1. The van der Waals surface area contributed by atoms with Gasteiger partial charge in [-0.25, -0.2) is 9.80 Å². The summed E-state index contributed by atoms with van der Waals surface area (Å²) in [6.45, 7) is 4.24. The first kappa shape index (κ1) is 20.4. The van der Waals surface area contributed by atoms with Gasteiger partial charge >= 0.3 is 5.97 Å². The highest BCUT2D eigenvalue weighted by Gasteiger charge is 2.28. The second-order valence-corrected chi connectivity index (χ2v) is 6.91. The van der Waals surface area contributed by atoms with Crippen molar-refractivity contribution < 1.29 is 19.8 Å². The van der Waals surface area contributed by atoms with E-state index in [1.54, 1.807) is 24.3 Å². The van der Waals surface area contributed by atoms with Crippen LogP contribution in [0.1, 0.15) is 61.4 Å². The molecule has 1 saturated heterocycles. The smallest absolute Gasteiger partial charge is 0.335 e. The van der Waals surface area contributed by atoms with Crippen molar-refractivity contribution in [2.45, 2.75) is 58.0 Å². The molecule has 1 fully saturated rings. The van der Waals surface area contributed by atoms with Crippen LogP contribution < -0.4 is 0 Å². The van der Waals surface area contributed by atoms with Gasteiger partial charge in [-0.2, -0.15) is 0 Å². The highest BCUT2D eigenvalue weighted by Crippen LogP contribution is 2.16. The van der Waals surface area contributed by atoms with Crippen LogP contribution in [-0.4, -0.2) is 57.8 Å². The predicted molar refractivity (Wildman–Crippen MR) is 99.8 cm³/mol. The van der Waals surface area contributed by atoms with Crippen LogP contribution in [0, 0.1) is 0 Å². The number of nitrogens with zero attached hydrogens (tertiary/aromatic N) is 2. The zero-order valence-electron chi connectivity index (χ0n) is 15.6. The maximum absolute atomic E-state index is 12.1. The first-order valence-electron chi connectivity index (χ1n) is 9.56. The minimum Gasteiger partial charge on any atom is -0.478 e. The second-order valence-electron chi connectivity index (χ2n) is 6.91. The standard InChI is InChI=1S/C20H30N2O4/c1-2-3-5-18(23)6-4-13-21-14-12-19(24)22(21)15-11-16-7-9-17(10-8-16)20(25)26/h7-10,18,23H,2-6,11-15H2,1H3,(H,25,26). The molecule has 0 spiro atoms. The Hall–Kier alpha value is -1.92. The highest BCUT2D eigenvalue weighted by atomic mass is 16.4. The zero-order valence-corrected chi connectivity index (χ0v) is 15.6. The Morgan fingerprint density at radius 1 is 1.15 bits per heavy atom. The molecule has 2 N–H and O–H groups in total. The molecular weight excluding hydrogens is 332 g/mol. The van der Waals surface area contributed by atoms with E-state index in [4.69, 9.17) is 5.11 Å². The molecular formula is C20H30N2O4. The number of aliphatic hydroxyl groups excluding tert-OH is 1. The van der Waals surface area contributed by atoms with Gasteiger partial charge in [0.25, 0.3) is 0 Å². The molecule has 1 aromatic carbocycles. The number of hydrogen-bond acceptors (Lipinski definition) is 4. The number of aliphatic hydroxyl groups is 1. The molecule has 0 radical (unpaired) electrons. The Morgan fingerprint density at radius 3 is 2.50 bits per heavy atom. The lowest BCUT2D eigenvalue weighted by Gasteiger charge is -2.28. The van der Waals surface area contributed by atoms with Crippen LogP contribution in [0.3, 0.4) is 0 Å². The Kier molecular flexibility index (Phi) is 8.06. The summed E-state index contributed by atoms with van der Waals surface area (Å²) in [6, 6.07) is 6.80. The fourth-order valence-corrected chi connectivity index (χ4v) is 3.27. The van der Waals surface area contributed by atoms with Gasteiger partial charge < -0.3 is 10.2 Å². The van der Waals surface area contributed by atoms with Crippen LogP contribution >= 0.6 is 0 Å². The lowest BCUT2D eigenvalue weighted by molar-refractivity contribution is -0.138. The summed E-state index contributed by atoms with van der Waals surface area (Å²) in [4.78, 5) is 23.0. The van der Waals surface area contributed by atoms with Crippen molar-refractivity contribution in [3.05, 3.63) is 35.4 Å². The largest absolute Gasteiger partial charge is 0.478 e. The molecule has 0 saturated carbocycles. The lowest BCUT2D eigenvalue weighted by Crippen LogP contribution is -2.41. The SMILES string of the molecule is CCCCC(O)CCCN1CCC(=O)N1CCc1ccc(C(=O)O)cc1. The molecule has 1 aromatic rings. The number of benzene rings is 1. The second kappa shape index (κ2) is 10.3. The number of rotatable bonds is 11.